The lowest BCUT2D eigenvalue weighted by molar-refractivity contribution is 0.491. The minimum absolute atomic E-state index is 0.187. The Morgan fingerprint density at radius 2 is 1.60 bits per heavy atom. The summed E-state index contributed by atoms with van der Waals surface area (Å²) in [6, 6.07) is 14.6. The molecule has 0 aliphatic carbocycles. The van der Waals surface area contributed by atoms with E-state index >= 15 is 0 Å². The molecule has 0 amide bonds. The third-order valence-electron chi connectivity index (χ3n) is 4.13. The van der Waals surface area contributed by atoms with Crippen molar-refractivity contribution < 1.29 is 8.42 Å². The van der Waals surface area contributed by atoms with Crippen molar-refractivity contribution in [3.63, 3.8) is 0 Å². The van der Waals surface area contributed by atoms with Gasteiger partial charge in [-0.15, -0.1) is 0 Å². The van der Waals surface area contributed by atoms with Gasteiger partial charge in [0.05, 0.1) is 4.90 Å². The molecule has 8 heteroatoms. The maximum Gasteiger partial charge on any atom is 0.241 e. The molecule has 3 N–H and O–H groups in total. The third kappa shape index (κ3) is 5.77. The van der Waals surface area contributed by atoms with Crippen molar-refractivity contribution in [2.24, 2.45) is 0 Å². The highest BCUT2D eigenvalue weighted by atomic mass is 32.2. The maximum atomic E-state index is 12.6. The Hall–Kier alpha value is -2.97. The zero-order chi connectivity index (χ0) is 21.9. The monoisotopic (exact) mass is 425 g/mol. The summed E-state index contributed by atoms with van der Waals surface area (Å²) in [5, 5.41) is 6.38. The minimum atomic E-state index is -3.63. The van der Waals surface area contributed by atoms with Gasteiger partial charge in [-0.1, -0.05) is 23.8 Å². The Bertz CT molecular complexity index is 1140. The molecule has 0 aliphatic heterocycles. The molecule has 1 aromatic heterocycles. The Morgan fingerprint density at radius 3 is 2.27 bits per heavy atom. The van der Waals surface area contributed by atoms with Crippen molar-refractivity contribution in [1.29, 1.82) is 0 Å². The molecule has 0 spiro atoms. The Morgan fingerprint density at radius 1 is 0.900 bits per heavy atom. The van der Waals surface area contributed by atoms with Gasteiger partial charge in [0.1, 0.15) is 5.82 Å². The number of nitrogens with one attached hydrogen (secondary N) is 3. The first-order chi connectivity index (χ1) is 14.0. The molecule has 3 rings (SSSR count). The van der Waals surface area contributed by atoms with Crippen LogP contribution >= 0.6 is 0 Å². The molecule has 0 atom stereocenters. The van der Waals surface area contributed by atoms with Gasteiger partial charge in [0.25, 0.3) is 0 Å². The molecule has 3 aromatic rings. The van der Waals surface area contributed by atoms with Crippen molar-refractivity contribution in [2.45, 2.75) is 45.1 Å². The number of hydrogen-bond donors (Lipinski definition) is 3. The number of sulfonamides is 1. The van der Waals surface area contributed by atoms with Gasteiger partial charge in [0.15, 0.2) is 0 Å². The van der Waals surface area contributed by atoms with E-state index in [4.69, 9.17) is 0 Å². The van der Waals surface area contributed by atoms with E-state index < -0.39 is 15.6 Å². The molecular formula is C22H27N5O2S. The summed E-state index contributed by atoms with van der Waals surface area (Å²) in [4.78, 5) is 9.05. The van der Waals surface area contributed by atoms with Crippen LogP contribution in [0.25, 0.3) is 0 Å². The summed E-state index contributed by atoms with van der Waals surface area (Å²) < 4.78 is 27.9. The fourth-order valence-electron chi connectivity index (χ4n) is 2.73. The molecule has 0 saturated carbocycles. The van der Waals surface area contributed by atoms with Crippen molar-refractivity contribution in [2.75, 3.05) is 10.6 Å². The third-order valence-corrected chi connectivity index (χ3v) is 5.88. The van der Waals surface area contributed by atoms with Crippen LogP contribution in [-0.4, -0.2) is 23.9 Å². The van der Waals surface area contributed by atoms with E-state index in [0.717, 1.165) is 11.3 Å². The van der Waals surface area contributed by atoms with Crippen LogP contribution in [0, 0.1) is 13.8 Å². The summed E-state index contributed by atoms with van der Waals surface area (Å²) in [5.74, 6) is 1.04. The summed E-state index contributed by atoms with van der Waals surface area (Å²) >= 11 is 0. The average molecular weight is 426 g/mol. The van der Waals surface area contributed by atoms with Crippen molar-refractivity contribution in [3.8, 4) is 0 Å². The number of rotatable bonds is 6. The van der Waals surface area contributed by atoms with Gasteiger partial charge in [-0.3, -0.25) is 0 Å². The van der Waals surface area contributed by atoms with Crippen LogP contribution in [0.5, 0.6) is 0 Å². The van der Waals surface area contributed by atoms with Crippen LogP contribution in [0.3, 0.4) is 0 Å². The second-order valence-corrected chi connectivity index (χ2v) is 9.91. The molecular weight excluding hydrogens is 398 g/mol. The normalized spacial score (nSPS) is 11.9. The maximum absolute atomic E-state index is 12.6. The van der Waals surface area contributed by atoms with Gasteiger partial charge < -0.3 is 10.6 Å². The second kappa shape index (κ2) is 8.41. The van der Waals surface area contributed by atoms with Crippen molar-refractivity contribution >= 4 is 33.2 Å². The summed E-state index contributed by atoms with van der Waals surface area (Å²) in [5.41, 5.74) is 2.95. The standard InChI is InChI=1S/C22H27N5O2S/c1-15-9-11-17(12-10-15)25-21-23-14-16(2)20(26-21)24-18-7-6-8-19(13-18)30(28,29)27-22(3,4)5/h6-14,27H,1-5H3,(H2,23,24,25,26). The first kappa shape index (κ1) is 21.7. The van der Waals surface area contributed by atoms with Crippen molar-refractivity contribution in [3.05, 3.63) is 65.9 Å². The van der Waals surface area contributed by atoms with Gasteiger partial charge in [0, 0.05) is 28.7 Å². The number of aromatic nitrogens is 2. The Labute approximate surface area is 178 Å². The molecule has 0 fully saturated rings. The topological polar surface area (TPSA) is 96.0 Å². The van der Waals surface area contributed by atoms with Crippen LogP contribution in [0.2, 0.25) is 0 Å². The highest BCUT2D eigenvalue weighted by Crippen LogP contribution is 2.23. The highest BCUT2D eigenvalue weighted by Gasteiger charge is 2.22. The van der Waals surface area contributed by atoms with E-state index in [1.165, 1.54) is 5.56 Å². The van der Waals surface area contributed by atoms with Gasteiger partial charge in [-0.25, -0.2) is 18.1 Å². The van der Waals surface area contributed by atoms with E-state index in [1.54, 1.807) is 51.2 Å². The first-order valence-electron chi connectivity index (χ1n) is 9.60. The van der Waals surface area contributed by atoms with Crippen LogP contribution in [0.4, 0.5) is 23.1 Å². The number of hydrogen-bond acceptors (Lipinski definition) is 6. The lowest BCUT2D eigenvalue weighted by atomic mass is 10.1. The zero-order valence-corrected chi connectivity index (χ0v) is 18.6. The van der Waals surface area contributed by atoms with E-state index in [9.17, 15) is 8.42 Å². The summed E-state index contributed by atoms with van der Waals surface area (Å²) in [6.07, 6.45) is 1.72. The quantitative estimate of drug-likeness (QED) is 0.532. The van der Waals surface area contributed by atoms with Crippen LogP contribution in [0.15, 0.2) is 59.6 Å². The molecule has 158 valence electrons. The number of benzene rings is 2. The predicted molar refractivity (Wildman–Crippen MR) is 121 cm³/mol. The average Bonchev–Trinajstić information content (AvgIpc) is 2.65. The lowest BCUT2D eigenvalue weighted by Gasteiger charge is -2.20. The molecule has 30 heavy (non-hydrogen) atoms. The SMILES string of the molecule is Cc1ccc(Nc2ncc(C)c(Nc3cccc(S(=O)(=O)NC(C)(C)C)c3)n2)cc1. The molecule has 1 heterocycles. The molecule has 7 nitrogen and oxygen atoms in total. The number of nitrogens with zero attached hydrogens (tertiary/aromatic N) is 2. The molecule has 0 saturated heterocycles. The minimum Gasteiger partial charge on any atom is -0.340 e. The summed E-state index contributed by atoms with van der Waals surface area (Å²) in [7, 11) is -3.63. The number of aryl methyl sites for hydroxylation is 2. The largest absolute Gasteiger partial charge is 0.340 e. The van der Waals surface area contributed by atoms with E-state index in [1.807, 2.05) is 38.1 Å². The van der Waals surface area contributed by atoms with Gasteiger partial charge in [-0.2, -0.15) is 4.98 Å². The fraction of sp³-hybridized carbons (Fsp3) is 0.273. The second-order valence-electron chi connectivity index (χ2n) is 8.22. The summed E-state index contributed by atoms with van der Waals surface area (Å²) in [6.45, 7) is 9.33. The highest BCUT2D eigenvalue weighted by molar-refractivity contribution is 7.89. The van der Waals surface area contributed by atoms with E-state index in [0.29, 0.717) is 17.5 Å². The molecule has 0 bridgehead atoms. The molecule has 0 aliphatic rings. The predicted octanol–water partition coefficient (Wildman–Crippen LogP) is 4.66. The van der Waals surface area contributed by atoms with Gasteiger partial charge in [-0.05, 0) is 65.0 Å². The smallest absolute Gasteiger partial charge is 0.241 e. The van der Waals surface area contributed by atoms with Gasteiger partial charge >= 0.3 is 0 Å². The number of anilines is 4. The Balaban J connectivity index is 1.83. The lowest BCUT2D eigenvalue weighted by Crippen LogP contribution is -2.40. The van der Waals surface area contributed by atoms with E-state index in [-0.39, 0.29) is 4.90 Å². The van der Waals surface area contributed by atoms with Crippen LogP contribution < -0.4 is 15.4 Å². The molecule has 0 radical (unpaired) electrons. The van der Waals surface area contributed by atoms with E-state index in [2.05, 4.69) is 25.3 Å². The van der Waals surface area contributed by atoms with Crippen LogP contribution in [-0.2, 0) is 10.0 Å². The van der Waals surface area contributed by atoms with Crippen molar-refractivity contribution in [1.82, 2.24) is 14.7 Å². The fourth-order valence-corrected chi connectivity index (χ4v) is 4.20. The molecule has 2 aromatic carbocycles. The van der Waals surface area contributed by atoms with Gasteiger partial charge in [0.2, 0.25) is 16.0 Å². The van der Waals surface area contributed by atoms with Crippen LogP contribution in [0.1, 0.15) is 31.9 Å². The zero-order valence-electron chi connectivity index (χ0n) is 17.8. The molecule has 0 unspecified atom stereocenters. The Kier molecular flexibility index (Phi) is 6.09. The first-order valence-corrected chi connectivity index (χ1v) is 11.1.